The Morgan fingerprint density at radius 3 is 2.94 bits per heavy atom. The summed E-state index contributed by atoms with van der Waals surface area (Å²) in [6, 6.07) is 0. The van der Waals surface area contributed by atoms with Crippen molar-refractivity contribution in [3.8, 4) is 0 Å². The lowest BCUT2D eigenvalue weighted by Crippen LogP contribution is -2.42. The molecule has 2 fully saturated rings. The summed E-state index contributed by atoms with van der Waals surface area (Å²) in [5.74, 6) is 0.693. The minimum Gasteiger partial charge on any atom is -0.375 e. The van der Waals surface area contributed by atoms with Gasteiger partial charge in [0, 0.05) is 19.4 Å². The number of ketones is 1. The van der Waals surface area contributed by atoms with Gasteiger partial charge in [-0.05, 0) is 18.8 Å². The van der Waals surface area contributed by atoms with Crippen LogP contribution < -0.4 is 0 Å². The lowest BCUT2D eigenvalue weighted by atomic mass is 9.83. The van der Waals surface area contributed by atoms with Gasteiger partial charge in [-0.1, -0.05) is 27.2 Å². The van der Waals surface area contributed by atoms with Gasteiger partial charge in [0.2, 0.25) is 0 Å². The largest absolute Gasteiger partial charge is 0.375 e. The molecule has 0 amide bonds. The smallest absolute Gasteiger partial charge is 0.164 e. The molecule has 2 heterocycles. The number of carbonyl (C=O) groups excluding carboxylic acids is 1. The first kappa shape index (κ1) is 13.0. The predicted octanol–water partition coefficient (Wildman–Crippen LogP) is 2.72. The van der Waals surface area contributed by atoms with E-state index >= 15 is 0 Å². The summed E-state index contributed by atoms with van der Waals surface area (Å²) < 4.78 is 11.9. The van der Waals surface area contributed by atoms with E-state index in [1.807, 2.05) is 0 Å². The van der Waals surface area contributed by atoms with Crippen LogP contribution in [0.15, 0.2) is 0 Å². The standard InChI is InChI=1S/C14H24O3/c1-4-5-8-16-12-9-14(10(2)3)7-6-11(15)13(12)17-14/h10,12-13H,4-9H2,1-3H3/t12-,13+,14-/m1/s1. The predicted molar refractivity (Wildman–Crippen MR) is 65.9 cm³/mol. The number of carbonyl (C=O) groups is 1. The van der Waals surface area contributed by atoms with Crippen LogP contribution in [0.2, 0.25) is 0 Å². The van der Waals surface area contributed by atoms with Gasteiger partial charge in [0.25, 0.3) is 0 Å². The van der Waals surface area contributed by atoms with Crippen molar-refractivity contribution in [3.05, 3.63) is 0 Å². The molecule has 2 bridgehead atoms. The van der Waals surface area contributed by atoms with Crippen LogP contribution in [0.4, 0.5) is 0 Å². The first-order chi connectivity index (χ1) is 8.09. The monoisotopic (exact) mass is 240 g/mol. The van der Waals surface area contributed by atoms with Crippen LogP contribution in [0.1, 0.15) is 52.9 Å². The van der Waals surface area contributed by atoms with E-state index in [-0.39, 0.29) is 23.6 Å². The Kier molecular flexibility index (Phi) is 3.88. The Labute approximate surface area is 104 Å². The Hall–Kier alpha value is -0.410. The van der Waals surface area contributed by atoms with Crippen molar-refractivity contribution in [1.82, 2.24) is 0 Å². The molecule has 3 atom stereocenters. The third kappa shape index (κ3) is 2.41. The summed E-state index contributed by atoms with van der Waals surface area (Å²) in [7, 11) is 0. The molecule has 0 aromatic carbocycles. The minimum atomic E-state index is -0.289. The third-order valence-corrected chi connectivity index (χ3v) is 4.24. The van der Waals surface area contributed by atoms with E-state index in [1.165, 1.54) is 0 Å². The van der Waals surface area contributed by atoms with E-state index in [2.05, 4.69) is 20.8 Å². The van der Waals surface area contributed by atoms with Crippen molar-refractivity contribution in [2.75, 3.05) is 6.61 Å². The molecule has 0 aromatic rings. The number of unbranched alkanes of at least 4 members (excludes halogenated alkanes) is 1. The number of rotatable bonds is 5. The van der Waals surface area contributed by atoms with Gasteiger partial charge >= 0.3 is 0 Å². The topological polar surface area (TPSA) is 35.5 Å². The molecule has 0 radical (unpaired) electrons. The molecular formula is C14H24O3. The molecule has 2 aliphatic rings. The Morgan fingerprint density at radius 2 is 2.29 bits per heavy atom. The maximum absolute atomic E-state index is 11.9. The van der Waals surface area contributed by atoms with Crippen LogP contribution in [-0.4, -0.2) is 30.2 Å². The van der Waals surface area contributed by atoms with Crippen molar-refractivity contribution in [2.24, 2.45) is 5.92 Å². The van der Waals surface area contributed by atoms with Gasteiger partial charge < -0.3 is 9.47 Å². The molecule has 98 valence electrons. The molecule has 0 N–H and O–H groups in total. The van der Waals surface area contributed by atoms with E-state index in [4.69, 9.17) is 9.47 Å². The zero-order chi connectivity index (χ0) is 12.5. The van der Waals surface area contributed by atoms with Gasteiger partial charge in [0.05, 0.1) is 11.7 Å². The van der Waals surface area contributed by atoms with Gasteiger partial charge in [-0.3, -0.25) is 4.79 Å². The normalized spacial score (nSPS) is 36.8. The molecule has 17 heavy (non-hydrogen) atoms. The van der Waals surface area contributed by atoms with Crippen molar-refractivity contribution in [1.29, 1.82) is 0 Å². The van der Waals surface area contributed by atoms with Crippen LogP contribution in [0, 0.1) is 5.92 Å². The molecular weight excluding hydrogens is 216 g/mol. The van der Waals surface area contributed by atoms with Crippen LogP contribution in [0.25, 0.3) is 0 Å². The molecule has 0 saturated carbocycles. The van der Waals surface area contributed by atoms with Crippen molar-refractivity contribution in [3.63, 3.8) is 0 Å². The summed E-state index contributed by atoms with van der Waals surface area (Å²) in [6.07, 6.45) is 4.32. The number of hydrogen-bond acceptors (Lipinski definition) is 3. The average molecular weight is 240 g/mol. The van der Waals surface area contributed by atoms with Crippen LogP contribution in [0.3, 0.4) is 0 Å². The van der Waals surface area contributed by atoms with E-state index in [0.29, 0.717) is 12.3 Å². The highest BCUT2D eigenvalue weighted by molar-refractivity contribution is 5.85. The zero-order valence-electron chi connectivity index (χ0n) is 11.2. The van der Waals surface area contributed by atoms with Crippen LogP contribution in [0.5, 0.6) is 0 Å². The summed E-state index contributed by atoms with van der Waals surface area (Å²) in [6.45, 7) is 7.26. The highest BCUT2D eigenvalue weighted by atomic mass is 16.6. The second-order valence-electron chi connectivity index (χ2n) is 5.69. The lowest BCUT2D eigenvalue weighted by Gasteiger charge is -2.35. The average Bonchev–Trinajstić information content (AvgIpc) is 2.61. The molecule has 0 unspecified atom stereocenters. The van der Waals surface area contributed by atoms with E-state index in [9.17, 15) is 4.79 Å². The fourth-order valence-electron chi connectivity index (χ4n) is 2.92. The Bertz CT molecular complexity index is 287. The van der Waals surface area contributed by atoms with E-state index in [0.717, 1.165) is 32.3 Å². The van der Waals surface area contributed by atoms with Gasteiger partial charge in [-0.15, -0.1) is 0 Å². The fraction of sp³-hybridized carbons (Fsp3) is 0.929. The lowest BCUT2D eigenvalue weighted by molar-refractivity contribution is -0.156. The molecule has 0 aliphatic carbocycles. The molecule has 0 aromatic heterocycles. The van der Waals surface area contributed by atoms with E-state index < -0.39 is 0 Å². The molecule has 2 saturated heterocycles. The number of ether oxygens (including phenoxy) is 2. The second kappa shape index (κ2) is 5.07. The maximum Gasteiger partial charge on any atom is 0.164 e. The van der Waals surface area contributed by atoms with Gasteiger partial charge in [-0.2, -0.15) is 0 Å². The number of hydrogen-bond donors (Lipinski definition) is 0. The SMILES string of the molecule is CCCCO[C@@H]1C[C@@]2(C(C)C)CCC(=O)[C@@H]1O2. The third-order valence-electron chi connectivity index (χ3n) is 4.24. The fourth-order valence-corrected chi connectivity index (χ4v) is 2.92. The zero-order valence-corrected chi connectivity index (χ0v) is 11.2. The Balaban J connectivity index is 2.02. The summed E-state index contributed by atoms with van der Waals surface area (Å²) in [4.78, 5) is 11.9. The minimum absolute atomic E-state index is 0.000972. The highest BCUT2D eigenvalue weighted by Crippen LogP contribution is 2.45. The van der Waals surface area contributed by atoms with Gasteiger partial charge in [0.1, 0.15) is 6.10 Å². The van der Waals surface area contributed by atoms with Crippen molar-refractivity contribution in [2.45, 2.75) is 70.7 Å². The second-order valence-corrected chi connectivity index (χ2v) is 5.69. The first-order valence-corrected chi connectivity index (χ1v) is 6.91. The van der Waals surface area contributed by atoms with Gasteiger partial charge in [0.15, 0.2) is 5.78 Å². The van der Waals surface area contributed by atoms with E-state index in [1.54, 1.807) is 0 Å². The summed E-state index contributed by atoms with van der Waals surface area (Å²) >= 11 is 0. The first-order valence-electron chi connectivity index (χ1n) is 6.91. The van der Waals surface area contributed by atoms with Crippen molar-refractivity contribution < 1.29 is 14.3 Å². The molecule has 3 heteroatoms. The van der Waals surface area contributed by atoms with Gasteiger partial charge in [-0.25, -0.2) is 0 Å². The quantitative estimate of drug-likeness (QED) is 0.693. The molecule has 0 spiro atoms. The molecule has 2 rings (SSSR count). The summed E-state index contributed by atoms with van der Waals surface area (Å²) in [5, 5.41) is 0. The molecule has 2 aliphatic heterocycles. The number of fused-ring (bicyclic) bond motifs is 2. The highest BCUT2D eigenvalue weighted by Gasteiger charge is 2.54. The Morgan fingerprint density at radius 1 is 1.53 bits per heavy atom. The summed E-state index contributed by atoms with van der Waals surface area (Å²) in [5.41, 5.74) is -0.102. The van der Waals surface area contributed by atoms with Crippen LogP contribution >= 0.6 is 0 Å². The maximum atomic E-state index is 11.9. The van der Waals surface area contributed by atoms with Crippen LogP contribution in [-0.2, 0) is 14.3 Å². The molecule has 3 nitrogen and oxygen atoms in total. The number of Topliss-reactive ketones (excluding diaryl/α,β-unsaturated/α-hetero) is 1. The van der Waals surface area contributed by atoms with Crippen molar-refractivity contribution >= 4 is 5.78 Å².